The van der Waals surface area contributed by atoms with E-state index < -0.39 is 0 Å². The van der Waals surface area contributed by atoms with E-state index in [9.17, 15) is 0 Å². The molecule has 0 saturated carbocycles. The molecule has 2 aromatic rings. The van der Waals surface area contributed by atoms with E-state index >= 15 is 0 Å². The largest absolute Gasteiger partial charge is 0.493 e. The fraction of sp³-hybridized carbons (Fsp3) is 0.455. The van der Waals surface area contributed by atoms with Crippen molar-refractivity contribution in [3.05, 3.63) is 47.5 Å². The van der Waals surface area contributed by atoms with Gasteiger partial charge in [-0.15, -0.1) is 0 Å². The molecule has 1 saturated heterocycles. The Morgan fingerprint density at radius 2 is 0.963 bits per heavy atom. The molecular weight excluding hydrogens is 344 g/mol. The molecule has 4 atom stereocenters. The lowest BCUT2D eigenvalue weighted by molar-refractivity contribution is 0.0288. The van der Waals surface area contributed by atoms with E-state index in [1.807, 2.05) is 36.4 Å². The minimum atomic E-state index is -0.0158. The van der Waals surface area contributed by atoms with Crippen LogP contribution in [0.2, 0.25) is 0 Å². The molecule has 27 heavy (non-hydrogen) atoms. The second-order valence-corrected chi connectivity index (χ2v) is 6.92. The number of methoxy groups -OCH3 is 4. The average Bonchev–Trinajstić information content (AvgIpc) is 3.01. The van der Waals surface area contributed by atoms with Gasteiger partial charge in [-0.3, -0.25) is 0 Å². The Hall–Kier alpha value is -2.40. The molecule has 0 bridgehead atoms. The molecule has 1 heterocycles. The van der Waals surface area contributed by atoms with Crippen LogP contribution in [0.4, 0.5) is 0 Å². The van der Waals surface area contributed by atoms with Gasteiger partial charge in [0.25, 0.3) is 0 Å². The van der Waals surface area contributed by atoms with Crippen molar-refractivity contribution in [2.75, 3.05) is 28.4 Å². The van der Waals surface area contributed by atoms with E-state index in [-0.39, 0.29) is 12.2 Å². The highest BCUT2D eigenvalue weighted by Gasteiger charge is 2.41. The van der Waals surface area contributed by atoms with Gasteiger partial charge in [-0.2, -0.15) is 0 Å². The van der Waals surface area contributed by atoms with Crippen LogP contribution in [0.25, 0.3) is 0 Å². The molecule has 0 amide bonds. The van der Waals surface area contributed by atoms with Gasteiger partial charge in [0.15, 0.2) is 23.0 Å². The zero-order valence-corrected chi connectivity index (χ0v) is 16.8. The summed E-state index contributed by atoms with van der Waals surface area (Å²) < 4.78 is 28.1. The SMILES string of the molecule is COc1ccc(C2O[C@H](c3ccc(OC)c(OC)c3)[C@H](C)[C@H]2C)cc1OC. The summed E-state index contributed by atoms with van der Waals surface area (Å²) in [6.45, 7) is 4.46. The lowest BCUT2D eigenvalue weighted by Gasteiger charge is -2.18. The van der Waals surface area contributed by atoms with Crippen LogP contribution in [0.1, 0.15) is 37.2 Å². The van der Waals surface area contributed by atoms with Crippen LogP contribution in [-0.4, -0.2) is 28.4 Å². The molecule has 1 aliphatic rings. The van der Waals surface area contributed by atoms with Crippen molar-refractivity contribution in [1.82, 2.24) is 0 Å². The summed E-state index contributed by atoms with van der Waals surface area (Å²) in [6, 6.07) is 12.0. The van der Waals surface area contributed by atoms with Crippen molar-refractivity contribution in [2.24, 2.45) is 11.8 Å². The summed E-state index contributed by atoms with van der Waals surface area (Å²) >= 11 is 0. The van der Waals surface area contributed by atoms with Crippen LogP contribution in [0.5, 0.6) is 23.0 Å². The third-order valence-electron chi connectivity index (χ3n) is 5.55. The number of rotatable bonds is 6. The molecule has 0 radical (unpaired) electrons. The van der Waals surface area contributed by atoms with Crippen LogP contribution in [0, 0.1) is 11.8 Å². The van der Waals surface area contributed by atoms with Gasteiger partial charge in [0.2, 0.25) is 0 Å². The standard InChI is InChI=1S/C22H28O5/c1-13-14(2)22(16-8-10-18(24-4)20(12-16)26-6)27-21(13)15-7-9-17(23-3)19(11-15)25-5/h7-14,21-22H,1-6H3/t13-,14-,21+,22?/m1/s1. The Morgan fingerprint density at radius 3 is 1.30 bits per heavy atom. The Morgan fingerprint density at radius 1 is 0.593 bits per heavy atom. The second-order valence-electron chi connectivity index (χ2n) is 6.92. The summed E-state index contributed by atoms with van der Waals surface area (Å²) in [5.41, 5.74) is 2.19. The van der Waals surface area contributed by atoms with Gasteiger partial charge in [0, 0.05) is 0 Å². The van der Waals surface area contributed by atoms with E-state index in [0.717, 1.165) is 22.6 Å². The summed E-state index contributed by atoms with van der Waals surface area (Å²) in [7, 11) is 6.58. The first-order chi connectivity index (χ1) is 13.0. The zero-order chi connectivity index (χ0) is 19.6. The van der Waals surface area contributed by atoms with E-state index in [0.29, 0.717) is 23.3 Å². The maximum absolute atomic E-state index is 6.51. The normalized spacial score (nSPS) is 24.5. The number of ether oxygens (including phenoxy) is 5. The molecule has 0 aliphatic carbocycles. The highest BCUT2D eigenvalue weighted by molar-refractivity contribution is 5.45. The molecule has 1 unspecified atom stereocenters. The minimum absolute atomic E-state index is 0.0158. The average molecular weight is 372 g/mol. The van der Waals surface area contributed by atoms with Gasteiger partial charge in [-0.05, 0) is 47.2 Å². The van der Waals surface area contributed by atoms with Crippen molar-refractivity contribution in [3.63, 3.8) is 0 Å². The van der Waals surface area contributed by atoms with Crippen molar-refractivity contribution < 1.29 is 23.7 Å². The fourth-order valence-electron chi connectivity index (χ4n) is 3.78. The van der Waals surface area contributed by atoms with Gasteiger partial charge < -0.3 is 23.7 Å². The van der Waals surface area contributed by atoms with Crippen molar-refractivity contribution in [3.8, 4) is 23.0 Å². The van der Waals surface area contributed by atoms with Gasteiger partial charge in [0.05, 0.1) is 40.6 Å². The third-order valence-corrected chi connectivity index (χ3v) is 5.55. The monoisotopic (exact) mass is 372 g/mol. The zero-order valence-electron chi connectivity index (χ0n) is 16.8. The minimum Gasteiger partial charge on any atom is -0.493 e. The number of hydrogen-bond donors (Lipinski definition) is 0. The van der Waals surface area contributed by atoms with E-state index in [1.165, 1.54) is 0 Å². The van der Waals surface area contributed by atoms with E-state index in [2.05, 4.69) is 13.8 Å². The van der Waals surface area contributed by atoms with Crippen molar-refractivity contribution in [1.29, 1.82) is 0 Å². The van der Waals surface area contributed by atoms with Crippen LogP contribution in [0.3, 0.4) is 0 Å². The maximum Gasteiger partial charge on any atom is 0.161 e. The first-order valence-electron chi connectivity index (χ1n) is 9.13. The number of benzene rings is 2. The number of hydrogen-bond acceptors (Lipinski definition) is 5. The Kier molecular flexibility index (Phi) is 5.80. The Balaban J connectivity index is 1.90. The summed E-state index contributed by atoms with van der Waals surface area (Å²) in [4.78, 5) is 0. The molecule has 0 N–H and O–H groups in total. The molecular formula is C22H28O5. The highest BCUT2D eigenvalue weighted by atomic mass is 16.5. The molecule has 0 spiro atoms. The molecule has 3 rings (SSSR count). The molecule has 5 heteroatoms. The van der Waals surface area contributed by atoms with Crippen molar-refractivity contribution >= 4 is 0 Å². The van der Waals surface area contributed by atoms with Gasteiger partial charge in [-0.25, -0.2) is 0 Å². The first kappa shape index (κ1) is 19.4. The van der Waals surface area contributed by atoms with Gasteiger partial charge >= 0.3 is 0 Å². The maximum atomic E-state index is 6.51. The molecule has 5 nitrogen and oxygen atoms in total. The third kappa shape index (κ3) is 3.56. The quantitative estimate of drug-likeness (QED) is 0.728. The second kappa shape index (κ2) is 8.09. The lowest BCUT2D eigenvalue weighted by atomic mass is 9.85. The topological polar surface area (TPSA) is 46.2 Å². The molecule has 2 aromatic carbocycles. The Bertz CT molecular complexity index is 723. The van der Waals surface area contributed by atoms with Crippen LogP contribution in [0.15, 0.2) is 36.4 Å². The lowest BCUT2D eigenvalue weighted by Crippen LogP contribution is -2.10. The molecule has 1 aliphatic heterocycles. The first-order valence-corrected chi connectivity index (χ1v) is 9.13. The molecule has 0 aromatic heterocycles. The van der Waals surface area contributed by atoms with Crippen molar-refractivity contribution in [2.45, 2.75) is 26.1 Å². The van der Waals surface area contributed by atoms with Crippen LogP contribution in [-0.2, 0) is 4.74 Å². The molecule has 1 fully saturated rings. The van der Waals surface area contributed by atoms with E-state index in [4.69, 9.17) is 23.7 Å². The predicted molar refractivity (Wildman–Crippen MR) is 104 cm³/mol. The Labute approximate surface area is 161 Å². The fourth-order valence-corrected chi connectivity index (χ4v) is 3.78. The summed E-state index contributed by atoms with van der Waals surface area (Å²) in [5.74, 6) is 3.57. The van der Waals surface area contributed by atoms with E-state index in [1.54, 1.807) is 28.4 Å². The molecule has 146 valence electrons. The predicted octanol–water partition coefficient (Wildman–Crippen LogP) is 4.81. The van der Waals surface area contributed by atoms with Crippen LogP contribution >= 0.6 is 0 Å². The van der Waals surface area contributed by atoms with Crippen LogP contribution < -0.4 is 18.9 Å². The highest BCUT2D eigenvalue weighted by Crippen LogP contribution is 2.50. The summed E-state index contributed by atoms with van der Waals surface area (Å²) in [6.07, 6.45) is -0.0317. The summed E-state index contributed by atoms with van der Waals surface area (Å²) in [5, 5.41) is 0. The van der Waals surface area contributed by atoms with Gasteiger partial charge in [-0.1, -0.05) is 26.0 Å². The smallest absolute Gasteiger partial charge is 0.161 e. The van der Waals surface area contributed by atoms with Gasteiger partial charge in [0.1, 0.15) is 0 Å².